The number of hydrogen-bond acceptors (Lipinski definition) is 2. The number of H-pyrrole nitrogens is 1. The van der Waals surface area contributed by atoms with Crippen LogP contribution < -0.4 is 0 Å². The molecule has 0 radical (unpaired) electrons. The van der Waals surface area contributed by atoms with Crippen molar-refractivity contribution in [3.8, 4) is 0 Å². The molecule has 66 valence electrons. The molecule has 0 saturated carbocycles. The number of methoxy groups -OCH3 is 1. The van der Waals surface area contributed by atoms with Crippen molar-refractivity contribution >= 4 is 5.97 Å². The van der Waals surface area contributed by atoms with E-state index < -0.39 is 0 Å². The van der Waals surface area contributed by atoms with E-state index in [1.54, 1.807) is 0 Å². The van der Waals surface area contributed by atoms with Gasteiger partial charge in [0.2, 0.25) is 0 Å². The van der Waals surface area contributed by atoms with E-state index >= 15 is 0 Å². The molecule has 0 unspecified atom stereocenters. The Labute approximate surface area is 71.7 Å². The van der Waals surface area contributed by atoms with Crippen LogP contribution in [0.2, 0.25) is 0 Å². The predicted octanol–water partition coefficient (Wildman–Crippen LogP) is 1.43. The van der Waals surface area contributed by atoms with Gasteiger partial charge in [-0.1, -0.05) is 0 Å². The molecule has 1 aromatic rings. The summed E-state index contributed by atoms with van der Waals surface area (Å²) >= 11 is 0. The third kappa shape index (κ3) is 2.12. The topological polar surface area (TPSA) is 42.1 Å². The zero-order valence-corrected chi connectivity index (χ0v) is 7.39. The Hall–Kier alpha value is -1.25. The Morgan fingerprint density at radius 3 is 2.83 bits per heavy atom. The summed E-state index contributed by atoms with van der Waals surface area (Å²) < 4.78 is 4.54. The average molecular weight is 167 g/mol. The van der Waals surface area contributed by atoms with Gasteiger partial charge in [0.25, 0.3) is 0 Å². The Morgan fingerprint density at radius 2 is 2.33 bits per heavy atom. The van der Waals surface area contributed by atoms with Gasteiger partial charge in [0.15, 0.2) is 0 Å². The quantitative estimate of drug-likeness (QED) is 0.692. The molecule has 1 heterocycles. The van der Waals surface area contributed by atoms with Crippen molar-refractivity contribution in [3.05, 3.63) is 23.5 Å². The number of ether oxygens (including phenoxy) is 1. The molecule has 0 aromatic carbocycles. The number of aryl methyl sites for hydroxylation is 2. The maximum Gasteiger partial charge on any atom is 0.305 e. The molecule has 0 aliphatic carbocycles. The average Bonchev–Trinajstić information content (AvgIpc) is 2.47. The lowest BCUT2D eigenvalue weighted by Gasteiger charge is -1.98. The Morgan fingerprint density at radius 1 is 1.58 bits per heavy atom. The highest BCUT2D eigenvalue weighted by atomic mass is 16.5. The molecule has 0 aliphatic heterocycles. The minimum absolute atomic E-state index is 0.157. The van der Waals surface area contributed by atoms with Crippen LogP contribution in [-0.2, 0) is 16.0 Å². The van der Waals surface area contributed by atoms with Crippen LogP contribution >= 0.6 is 0 Å². The number of nitrogens with one attached hydrogen (secondary N) is 1. The van der Waals surface area contributed by atoms with Gasteiger partial charge in [0.05, 0.1) is 7.11 Å². The second-order valence-electron chi connectivity index (χ2n) is 2.74. The third-order valence-electron chi connectivity index (χ3n) is 1.89. The Bertz CT molecular complexity index is 265. The number of carbonyl (C=O) groups is 1. The number of hydrogen-bond donors (Lipinski definition) is 1. The van der Waals surface area contributed by atoms with Crippen molar-refractivity contribution in [2.24, 2.45) is 0 Å². The lowest BCUT2D eigenvalue weighted by Crippen LogP contribution is -2.01. The van der Waals surface area contributed by atoms with Crippen LogP contribution in [0.4, 0.5) is 0 Å². The molecule has 3 nitrogen and oxygen atoms in total. The normalized spacial score (nSPS) is 9.83. The molecule has 0 bridgehead atoms. The van der Waals surface area contributed by atoms with Gasteiger partial charge in [-0.15, -0.1) is 0 Å². The standard InChI is InChI=1S/C9H13NO2/c1-7-5-10-6-8(7)3-4-9(11)12-2/h5-6,10H,3-4H2,1-2H3. The van der Waals surface area contributed by atoms with E-state index in [-0.39, 0.29) is 5.97 Å². The lowest BCUT2D eigenvalue weighted by atomic mass is 10.1. The molecule has 0 atom stereocenters. The number of carbonyl (C=O) groups excluding carboxylic acids is 1. The number of aromatic amines is 1. The van der Waals surface area contributed by atoms with Crippen molar-refractivity contribution in [1.29, 1.82) is 0 Å². The predicted molar refractivity (Wildman–Crippen MR) is 45.9 cm³/mol. The molecule has 0 saturated heterocycles. The summed E-state index contributed by atoms with van der Waals surface area (Å²) in [6.07, 6.45) is 5.04. The van der Waals surface area contributed by atoms with E-state index in [0.29, 0.717) is 6.42 Å². The molecule has 1 N–H and O–H groups in total. The van der Waals surface area contributed by atoms with E-state index in [4.69, 9.17) is 0 Å². The zero-order valence-electron chi connectivity index (χ0n) is 7.39. The van der Waals surface area contributed by atoms with E-state index in [1.807, 2.05) is 19.3 Å². The monoisotopic (exact) mass is 167 g/mol. The molecule has 0 spiro atoms. The van der Waals surface area contributed by atoms with Crippen molar-refractivity contribution in [2.45, 2.75) is 19.8 Å². The van der Waals surface area contributed by atoms with E-state index in [1.165, 1.54) is 18.2 Å². The Kier molecular flexibility index (Phi) is 2.91. The fraction of sp³-hybridized carbons (Fsp3) is 0.444. The Balaban J connectivity index is 2.43. The summed E-state index contributed by atoms with van der Waals surface area (Å²) in [7, 11) is 1.41. The van der Waals surface area contributed by atoms with E-state index in [0.717, 1.165) is 6.42 Å². The molecule has 0 fully saturated rings. The number of esters is 1. The zero-order chi connectivity index (χ0) is 8.97. The van der Waals surface area contributed by atoms with Crippen molar-refractivity contribution in [3.63, 3.8) is 0 Å². The molecule has 1 rings (SSSR count). The van der Waals surface area contributed by atoms with Gasteiger partial charge in [0, 0.05) is 18.8 Å². The molecule has 12 heavy (non-hydrogen) atoms. The first-order valence-corrected chi connectivity index (χ1v) is 3.93. The lowest BCUT2D eigenvalue weighted by molar-refractivity contribution is -0.140. The molecule has 0 aliphatic rings. The summed E-state index contributed by atoms with van der Waals surface area (Å²) in [4.78, 5) is 13.8. The summed E-state index contributed by atoms with van der Waals surface area (Å²) in [5, 5.41) is 0. The second-order valence-corrected chi connectivity index (χ2v) is 2.74. The summed E-state index contributed by atoms with van der Waals surface area (Å²) in [5.74, 6) is -0.157. The molecular formula is C9H13NO2. The van der Waals surface area contributed by atoms with E-state index in [2.05, 4.69) is 9.72 Å². The van der Waals surface area contributed by atoms with Gasteiger partial charge in [-0.3, -0.25) is 4.79 Å². The van der Waals surface area contributed by atoms with Crippen molar-refractivity contribution < 1.29 is 9.53 Å². The smallest absolute Gasteiger partial charge is 0.305 e. The fourth-order valence-electron chi connectivity index (χ4n) is 1.08. The maximum atomic E-state index is 10.8. The van der Waals surface area contributed by atoms with Crippen LogP contribution in [-0.4, -0.2) is 18.1 Å². The van der Waals surface area contributed by atoms with Crippen LogP contribution in [0.3, 0.4) is 0 Å². The van der Waals surface area contributed by atoms with Gasteiger partial charge >= 0.3 is 5.97 Å². The minimum Gasteiger partial charge on any atom is -0.469 e. The van der Waals surface area contributed by atoms with Crippen LogP contribution in [0.25, 0.3) is 0 Å². The second kappa shape index (κ2) is 3.95. The van der Waals surface area contributed by atoms with E-state index in [9.17, 15) is 4.79 Å². The van der Waals surface area contributed by atoms with Gasteiger partial charge in [-0.25, -0.2) is 0 Å². The third-order valence-corrected chi connectivity index (χ3v) is 1.89. The maximum absolute atomic E-state index is 10.8. The molecular weight excluding hydrogens is 154 g/mol. The fourth-order valence-corrected chi connectivity index (χ4v) is 1.08. The van der Waals surface area contributed by atoms with Gasteiger partial charge in [-0.05, 0) is 24.5 Å². The van der Waals surface area contributed by atoms with Gasteiger partial charge < -0.3 is 9.72 Å². The molecule has 3 heteroatoms. The van der Waals surface area contributed by atoms with Crippen LogP contribution in [0.15, 0.2) is 12.4 Å². The van der Waals surface area contributed by atoms with Crippen LogP contribution in [0, 0.1) is 6.92 Å². The minimum atomic E-state index is -0.157. The van der Waals surface area contributed by atoms with Crippen molar-refractivity contribution in [2.75, 3.05) is 7.11 Å². The highest BCUT2D eigenvalue weighted by Crippen LogP contribution is 2.08. The summed E-state index contributed by atoms with van der Waals surface area (Å²) in [6.45, 7) is 2.02. The molecule has 0 amide bonds. The van der Waals surface area contributed by atoms with Crippen LogP contribution in [0.5, 0.6) is 0 Å². The summed E-state index contributed by atoms with van der Waals surface area (Å²) in [6, 6.07) is 0. The van der Waals surface area contributed by atoms with Crippen molar-refractivity contribution in [1.82, 2.24) is 4.98 Å². The first-order chi connectivity index (χ1) is 5.74. The number of aromatic nitrogens is 1. The van der Waals surface area contributed by atoms with Crippen LogP contribution in [0.1, 0.15) is 17.5 Å². The summed E-state index contributed by atoms with van der Waals surface area (Å²) in [5.41, 5.74) is 2.37. The first kappa shape index (κ1) is 8.84. The number of rotatable bonds is 3. The van der Waals surface area contributed by atoms with Gasteiger partial charge in [-0.2, -0.15) is 0 Å². The van der Waals surface area contributed by atoms with Gasteiger partial charge in [0.1, 0.15) is 0 Å². The molecule has 1 aromatic heterocycles. The largest absolute Gasteiger partial charge is 0.469 e. The SMILES string of the molecule is COC(=O)CCc1c[nH]cc1C. The highest BCUT2D eigenvalue weighted by Gasteiger charge is 2.03. The first-order valence-electron chi connectivity index (χ1n) is 3.93. The highest BCUT2D eigenvalue weighted by molar-refractivity contribution is 5.69.